The van der Waals surface area contributed by atoms with E-state index in [1.165, 1.54) is 22.4 Å². The summed E-state index contributed by atoms with van der Waals surface area (Å²) in [5.41, 5.74) is 4.40. The number of hydrogen-bond acceptors (Lipinski definition) is 5. The molecule has 2 N–H and O–H groups in total. The molecule has 1 atom stereocenters. The third kappa shape index (κ3) is 9.03. The lowest BCUT2D eigenvalue weighted by Crippen LogP contribution is -2.38. The lowest BCUT2D eigenvalue weighted by molar-refractivity contribution is -0.149. The number of benzene rings is 3. The maximum atomic E-state index is 13.3. The molecule has 0 aliphatic heterocycles. The van der Waals surface area contributed by atoms with E-state index in [1.807, 2.05) is 53.4 Å². The van der Waals surface area contributed by atoms with Crippen LogP contribution in [0, 0.1) is 0 Å². The molecule has 1 aliphatic rings. The molecule has 0 saturated carbocycles. The highest BCUT2D eigenvalue weighted by molar-refractivity contribution is 7.99. The molecule has 0 heterocycles. The summed E-state index contributed by atoms with van der Waals surface area (Å²) in [6, 6.07) is 23.7. The van der Waals surface area contributed by atoms with Gasteiger partial charge in [0.05, 0.1) is 6.54 Å². The highest BCUT2D eigenvalue weighted by Crippen LogP contribution is 2.25. The molecule has 7 nitrogen and oxygen atoms in total. The first kappa shape index (κ1) is 29.5. The molecule has 0 radical (unpaired) electrons. The van der Waals surface area contributed by atoms with Gasteiger partial charge in [0.2, 0.25) is 0 Å². The van der Waals surface area contributed by atoms with Gasteiger partial charge in [0.15, 0.2) is 6.10 Å². The molecule has 212 valence electrons. The molecule has 3 aromatic rings. The second kappa shape index (κ2) is 15.3. The molecule has 0 bridgehead atoms. The van der Waals surface area contributed by atoms with Crippen LogP contribution in [0.25, 0.3) is 0 Å². The molecule has 0 spiro atoms. The summed E-state index contributed by atoms with van der Waals surface area (Å²) in [5.74, 6) is 0.613. The van der Waals surface area contributed by atoms with Crippen LogP contribution in [0.5, 0.6) is 5.75 Å². The number of carboxylic acid groups (broad SMARTS) is 1. The largest absolute Gasteiger partial charge is 0.492 e. The normalized spacial score (nSPS) is 12.9. The predicted octanol–water partition coefficient (Wildman–Crippen LogP) is 6.30. The van der Waals surface area contributed by atoms with Crippen molar-refractivity contribution in [1.82, 2.24) is 4.90 Å². The number of amides is 2. The van der Waals surface area contributed by atoms with Gasteiger partial charge in [-0.25, -0.2) is 9.59 Å². The number of fused-ring (bicyclic) bond motifs is 1. The fourth-order valence-electron chi connectivity index (χ4n) is 4.76. The van der Waals surface area contributed by atoms with Crippen LogP contribution < -0.4 is 10.1 Å². The minimum absolute atomic E-state index is 0.128. The number of thioether (sulfide) groups is 1. The Balaban J connectivity index is 1.31. The van der Waals surface area contributed by atoms with Crippen molar-refractivity contribution in [2.45, 2.75) is 50.0 Å². The maximum absolute atomic E-state index is 13.3. The molecule has 0 fully saturated rings. The Morgan fingerprint density at radius 1 is 1.00 bits per heavy atom. The molecule has 40 heavy (non-hydrogen) atoms. The van der Waals surface area contributed by atoms with Crippen molar-refractivity contribution in [3.05, 3.63) is 89.5 Å². The lowest BCUT2D eigenvalue weighted by Gasteiger charge is -2.23. The Morgan fingerprint density at radius 3 is 2.52 bits per heavy atom. The fraction of sp³-hybridized carbons (Fsp3) is 0.375. The third-order valence-corrected chi connectivity index (χ3v) is 7.94. The number of nitrogens with one attached hydrogen (secondary N) is 1. The standard InChI is InChI=1S/C32H38N2O5S/c1-2-38-30(31(35)36)22-24-12-16-28(17-13-24)39-20-19-34(18-7-21-40-29-10-4-3-5-11-29)32(37)33-27-15-14-25-8-6-9-26(25)23-27/h3-5,10-17,23,30H,2,6-9,18-22H2,1H3,(H,33,37)(H,35,36). The Kier molecular flexibility index (Phi) is 11.3. The Morgan fingerprint density at radius 2 is 1.77 bits per heavy atom. The molecule has 1 aliphatic carbocycles. The quantitative estimate of drug-likeness (QED) is 0.167. The van der Waals surface area contributed by atoms with E-state index in [4.69, 9.17) is 9.47 Å². The molecule has 0 saturated heterocycles. The van der Waals surface area contributed by atoms with Crippen molar-refractivity contribution < 1.29 is 24.2 Å². The Labute approximate surface area is 240 Å². The summed E-state index contributed by atoms with van der Waals surface area (Å²) in [4.78, 5) is 27.7. The zero-order chi connectivity index (χ0) is 28.2. The maximum Gasteiger partial charge on any atom is 0.333 e. The van der Waals surface area contributed by atoms with Crippen LogP contribution in [-0.2, 0) is 28.8 Å². The van der Waals surface area contributed by atoms with E-state index < -0.39 is 12.1 Å². The fourth-order valence-corrected chi connectivity index (χ4v) is 5.62. The molecule has 8 heteroatoms. The number of anilines is 1. The van der Waals surface area contributed by atoms with Crippen LogP contribution in [0.4, 0.5) is 10.5 Å². The number of urea groups is 1. The zero-order valence-electron chi connectivity index (χ0n) is 23.0. The average Bonchev–Trinajstić information content (AvgIpc) is 3.43. The number of hydrogen-bond donors (Lipinski definition) is 2. The topological polar surface area (TPSA) is 88.1 Å². The summed E-state index contributed by atoms with van der Waals surface area (Å²) < 4.78 is 11.3. The van der Waals surface area contributed by atoms with E-state index >= 15 is 0 Å². The van der Waals surface area contributed by atoms with E-state index in [2.05, 4.69) is 29.6 Å². The third-order valence-electron chi connectivity index (χ3n) is 6.84. The molecule has 0 aromatic heterocycles. The SMILES string of the molecule is CCOC(Cc1ccc(OCCN(CCCSc2ccccc2)C(=O)Nc2ccc3c(c2)CCC3)cc1)C(=O)O. The van der Waals surface area contributed by atoms with Crippen molar-refractivity contribution in [1.29, 1.82) is 0 Å². The number of carbonyl (C=O) groups excluding carboxylic acids is 1. The first-order valence-corrected chi connectivity index (χ1v) is 14.9. The van der Waals surface area contributed by atoms with Crippen molar-refractivity contribution in [2.75, 3.05) is 37.4 Å². The number of rotatable bonds is 15. The van der Waals surface area contributed by atoms with Crippen LogP contribution >= 0.6 is 11.8 Å². The van der Waals surface area contributed by atoms with E-state index in [0.29, 0.717) is 38.5 Å². The predicted molar refractivity (Wildman–Crippen MR) is 160 cm³/mol. The van der Waals surface area contributed by atoms with Gasteiger partial charge in [0, 0.05) is 30.2 Å². The van der Waals surface area contributed by atoms with Gasteiger partial charge in [-0.1, -0.05) is 36.4 Å². The second-order valence-corrected chi connectivity index (χ2v) is 10.9. The lowest BCUT2D eigenvalue weighted by atomic mass is 10.1. The van der Waals surface area contributed by atoms with Crippen LogP contribution in [0.3, 0.4) is 0 Å². The van der Waals surface area contributed by atoms with Gasteiger partial charge >= 0.3 is 12.0 Å². The van der Waals surface area contributed by atoms with E-state index in [-0.39, 0.29) is 6.03 Å². The van der Waals surface area contributed by atoms with E-state index in [0.717, 1.165) is 36.3 Å². The van der Waals surface area contributed by atoms with Crippen molar-refractivity contribution in [3.8, 4) is 5.75 Å². The number of aliphatic carboxylic acids is 1. The first-order valence-electron chi connectivity index (χ1n) is 13.9. The van der Waals surface area contributed by atoms with Crippen molar-refractivity contribution >= 4 is 29.4 Å². The molecular weight excluding hydrogens is 524 g/mol. The van der Waals surface area contributed by atoms with Gasteiger partial charge in [0.1, 0.15) is 12.4 Å². The molecule has 2 amide bonds. The van der Waals surface area contributed by atoms with Gasteiger partial charge in [-0.05, 0) is 91.4 Å². The van der Waals surface area contributed by atoms with Gasteiger partial charge < -0.3 is 24.8 Å². The highest BCUT2D eigenvalue weighted by atomic mass is 32.2. The number of aryl methyl sites for hydroxylation is 2. The van der Waals surface area contributed by atoms with E-state index in [1.54, 1.807) is 18.7 Å². The smallest absolute Gasteiger partial charge is 0.333 e. The number of nitrogens with zero attached hydrogens (tertiary/aromatic N) is 1. The highest BCUT2D eigenvalue weighted by Gasteiger charge is 2.18. The first-order chi connectivity index (χ1) is 19.5. The zero-order valence-corrected chi connectivity index (χ0v) is 23.8. The minimum atomic E-state index is -0.970. The van der Waals surface area contributed by atoms with Gasteiger partial charge in [-0.3, -0.25) is 0 Å². The number of carbonyl (C=O) groups is 2. The van der Waals surface area contributed by atoms with Crippen molar-refractivity contribution in [2.24, 2.45) is 0 Å². The summed E-state index contributed by atoms with van der Waals surface area (Å²) in [6.45, 7) is 3.54. The molecular formula is C32H38N2O5S. The summed E-state index contributed by atoms with van der Waals surface area (Å²) in [6.07, 6.45) is 3.63. The summed E-state index contributed by atoms with van der Waals surface area (Å²) >= 11 is 1.79. The molecule has 4 rings (SSSR count). The minimum Gasteiger partial charge on any atom is -0.492 e. The van der Waals surface area contributed by atoms with Gasteiger partial charge in [0.25, 0.3) is 0 Å². The Hall–Kier alpha value is -3.49. The summed E-state index contributed by atoms with van der Waals surface area (Å²) in [5, 5.41) is 12.4. The van der Waals surface area contributed by atoms with Crippen LogP contribution in [0.1, 0.15) is 36.5 Å². The van der Waals surface area contributed by atoms with Crippen LogP contribution in [0.15, 0.2) is 77.7 Å². The summed E-state index contributed by atoms with van der Waals surface area (Å²) in [7, 11) is 0. The van der Waals surface area contributed by atoms with Crippen LogP contribution in [-0.4, -0.2) is 60.2 Å². The number of carboxylic acids is 1. The molecule has 3 aromatic carbocycles. The Bertz CT molecular complexity index is 1240. The van der Waals surface area contributed by atoms with Crippen molar-refractivity contribution in [3.63, 3.8) is 0 Å². The average molecular weight is 563 g/mol. The monoisotopic (exact) mass is 562 g/mol. The van der Waals surface area contributed by atoms with E-state index in [9.17, 15) is 14.7 Å². The van der Waals surface area contributed by atoms with Gasteiger partial charge in [-0.15, -0.1) is 11.8 Å². The second-order valence-electron chi connectivity index (χ2n) is 9.75. The molecule has 1 unspecified atom stereocenters. The number of ether oxygens (including phenoxy) is 2. The van der Waals surface area contributed by atoms with Gasteiger partial charge in [-0.2, -0.15) is 0 Å². The van der Waals surface area contributed by atoms with Crippen LogP contribution in [0.2, 0.25) is 0 Å².